The van der Waals surface area contributed by atoms with Gasteiger partial charge in [-0.05, 0) is 54.1 Å². The number of ether oxygens (including phenoxy) is 3. The van der Waals surface area contributed by atoms with Crippen molar-refractivity contribution in [3.05, 3.63) is 83.4 Å². The Hall–Kier alpha value is -4.05. The van der Waals surface area contributed by atoms with E-state index < -0.39 is 21.9 Å². The maximum Gasteiger partial charge on any atom is 0.338 e. The van der Waals surface area contributed by atoms with Gasteiger partial charge < -0.3 is 19.9 Å². The van der Waals surface area contributed by atoms with Crippen molar-refractivity contribution in [2.45, 2.75) is 11.5 Å². The number of esters is 1. The highest BCUT2D eigenvalue weighted by Gasteiger charge is 2.20. The van der Waals surface area contributed by atoms with Gasteiger partial charge in [0, 0.05) is 17.3 Å². The molecule has 3 aromatic rings. The molecule has 0 unspecified atom stereocenters. The minimum atomic E-state index is -3.88. The number of nitrogens with two attached hydrogens (primary N) is 1. The zero-order valence-electron chi connectivity index (χ0n) is 17.3. The summed E-state index contributed by atoms with van der Waals surface area (Å²) in [6.07, 6.45) is 0. The minimum absolute atomic E-state index is 0.0217. The van der Waals surface area contributed by atoms with Crippen LogP contribution in [0.1, 0.15) is 26.3 Å². The van der Waals surface area contributed by atoms with Crippen molar-refractivity contribution in [2.24, 2.45) is 5.73 Å². The number of sulfonamides is 1. The van der Waals surface area contributed by atoms with Crippen molar-refractivity contribution in [2.75, 3.05) is 17.9 Å². The molecule has 1 aliphatic rings. The Morgan fingerprint density at radius 1 is 0.909 bits per heavy atom. The van der Waals surface area contributed by atoms with Crippen LogP contribution in [0.3, 0.4) is 0 Å². The molecule has 1 aliphatic heterocycles. The van der Waals surface area contributed by atoms with Crippen LogP contribution in [0.25, 0.3) is 0 Å². The number of fused-ring (bicyclic) bond motifs is 1. The Balaban J connectivity index is 1.40. The van der Waals surface area contributed by atoms with Crippen LogP contribution in [0.4, 0.5) is 5.69 Å². The second kappa shape index (κ2) is 9.21. The number of hydrogen-bond acceptors (Lipinski definition) is 7. The molecule has 0 radical (unpaired) electrons. The molecule has 1 amide bonds. The fraction of sp³-hybridized carbons (Fsp3) is 0.130. The van der Waals surface area contributed by atoms with Gasteiger partial charge in [0.1, 0.15) is 19.8 Å². The highest BCUT2D eigenvalue weighted by atomic mass is 32.2. The molecular formula is C23H20N2O7S. The van der Waals surface area contributed by atoms with E-state index in [1.807, 2.05) is 0 Å². The van der Waals surface area contributed by atoms with Gasteiger partial charge in [-0.3, -0.25) is 9.52 Å². The van der Waals surface area contributed by atoms with Crippen LogP contribution in [0.2, 0.25) is 0 Å². The number of nitrogens with one attached hydrogen (secondary N) is 1. The van der Waals surface area contributed by atoms with E-state index in [4.69, 9.17) is 19.9 Å². The maximum atomic E-state index is 12.7. The zero-order chi connectivity index (χ0) is 23.4. The molecule has 4 rings (SSSR count). The average Bonchev–Trinajstić information content (AvgIpc) is 2.82. The Bertz CT molecular complexity index is 1300. The smallest absolute Gasteiger partial charge is 0.338 e. The van der Waals surface area contributed by atoms with E-state index in [1.165, 1.54) is 36.4 Å². The summed E-state index contributed by atoms with van der Waals surface area (Å²) in [5.74, 6) is -0.314. The predicted octanol–water partition coefficient (Wildman–Crippen LogP) is 2.71. The topological polar surface area (TPSA) is 134 Å². The summed E-state index contributed by atoms with van der Waals surface area (Å²) >= 11 is 0. The van der Waals surface area contributed by atoms with E-state index in [9.17, 15) is 18.0 Å². The maximum absolute atomic E-state index is 12.7. The lowest BCUT2D eigenvalue weighted by molar-refractivity contribution is 0.0472. The van der Waals surface area contributed by atoms with Gasteiger partial charge in [0.05, 0.1) is 10.5 Å². The van der Waals surface area contributed by atoms with Gasteiger partial charge in [-0.25, -0.2) is 13.2 Å². The Morgan fingerprint density at radius 2 is 1.64 bits per heavy atom. The van der Waals surface area contributed by atoms with E-state index >= 15 is 0 Å². The number of hydrogen-bond donors (Lipinski definition) is 2. The molecule has 0 aromatic heterocycles. The molecule has 0 saturated heterocycles. The quantitative estimate of drug-likeness (QED) is 0.509. The number of benzene rings is 3. The summed E-state index contributed by atoms with van der Waals surface area (Å²) in [5.41, 5.74) is 6.69. The molecule has 0 aliphatic carbocycles. The van der Waals surface area contributed by atoms with Crippen LogP contribution in [-0.2, 0) is 21.4 Å². The third-order valence-electron chi connectivity index (χ3n) is 4.78. The van der Waals surface area contributed by atoms with Gasteiger partial charge >= 0.3 is 5.97 Å². The molecule has 0 saturated carbocycles. The standard InChI is InChI=1S/C23H20N2O7S/c24-22(26)17-3-1-2-15(12-17)14-32-23(27)16-4-6-18(7-5-16)25-33(28,29)19-8-9-20-21(13-19)31-11-10-30-20/h1-9,12-13,25H,10-11,14H2,(H2,24,26). The minimum Gasteiger partial charge on any atom is -0.486 e. The van der Waals surface area contributed by atoms with Crippen LogP contribution in [-0.4, -0.2) is 33.5 Å². The summed E-state index contributed by atoms with van der Waals surface area (Å²) < 4.78 is 44.0. The van der Waals surface area contributed by atoms with Gasteiger partial charge in [-0.2, -0.15) is 0 Å². The number of amides is 1. The number of anilines is 1. The van der Waals surface area contributed by atoms with Crippen LogP contribution in [0, 0.1) is 0 Å². The van der Waals surface area contributed by atoms with Crippen molar-refractivity contribution >= 4 is 27.6 Å². The molecule has 0 fully saturated rings. The van der Waals surface area contributed by atoms with Gasteiger partial charge in [-0.1, -0.05) is 12.1 Å². The van der Waals surface area contributed by atoms with Crippen molar-refractivity contribution in [1.82, 2.24) is 0 Å². The van der Waals surface area contributed by atoms with Crippen LogP contribution >= 0.6 is 0 Å². The molecule has 9 nitrogen and oxygen atoms in total. The third kappa shape index (κ3) is 5.24. The predicted molar refractivity (Wildman–Crippen MR) is 119 cm³/mol. The highest BCUT2D eigenvalue weighted by Crippen LogP contribution is 2.32. The summed E-state index contributed by atoms with van der Waals surface area (Å²) in [6, 6.07) is 16.6. The number of rotatable bonds is 7. The van der Waals surface area contributed by atoms with Crippen molar-refractivity contribution < 1.29 is 32.2 Å². The molecule has 10 heteroatoms. The monoisotopic (exact) mass is 468 g/mol. The molecule has 0 bridgehead atoms. The number of carbonyl (C=O) groups excluding carboxylic acids is 2. The van der Waals surface area contributed by atoms with Crippen LogP contribution < -0.4 is 19.9 Å². The SMILES string of the molecule is NC(=O)c1cccc(COC(=O)c2ccc(NS(=O)(=O)c3ccc4c(c3)OCCO4)cc2)c1. The largest absolute Gasteiger partial charge is 0.486 e. The van der Waals surface area contributed by atoms with Crippen LogP contribution in [0.5, 0.6) is 11.5 Å². The molecule has 170 valence electrons. The molecule has 1 heterocycles. The second-order valence-electron chi connectivity index (χ2n) is 7.13. The first-order valence-corrected chi connectivity index (χ1v) is 11.4. The fourth-order valence-corrected chi connectivity index (χ4v) is 4.20. The summed E-state index contributed by atoms with van der Waals surface area (Å²) in [5, 5.41) is 0. The number of carbonyl (C=O) groups is 2. The summed E-state index contributed by atoms with van der Waals surface area (Å²) in [7, 11) is -3.88. The van der Waals surface area contributed by atoms with E-state index in [-0.39, 0.29) is 22.8 Å². The van der Waals surface area contributed by atoms with Gasteiger partial charge in [0.2, 0.25) is 5.91 Å². The lowest BCUT2D eigenvalue weighted by atomic mass is 10.1. The van der Waals surface area contributed by atoms with Gasteiger partial charge in [0.15, 0.2) is 11.5 Å². The van der Waals surface area contributed by atoms with Crippen molar-refractivity contribution in [3.8, 4) is 11.5 Å². The lowest BCUT2D eigenvalue weighted by Gasteiger charge is -2.19. The Labute approximate surface area is 190 Å². The molecule has 33 heavy (non-hydrogen) atoms. The third-order valence-corrected chi connectivity index (χ3v) is 6.16. The Kier molecular flexibility index (Phi) is 6.18. The van der Waals surface area contributed by atoms with Gasteiger partial charge in [-0.15, -0.1) is 0 Å². The van der Waals surface area contributed by atoms with Crippen molar-refractivity contribution in [1.29, 1.82) is 0 Å². The first kappa shape index (κ1) is 22.2. The first-order chi connectivity index (χ1) is 15.8. The number of primary amides is 1. The van der Waals surface area contributed by atoms with E-state index in [0.29, 0.717) is 35.8 Å². The normalized spacial score (nSPS) is 12.6. The lowest BCUT2D eigenvalue weighted by Crippen LogP contribution is -2.17. The van der Waals surface area contributed by atoms with Crippen molar-refractivity contribution in [3.63, 3.8) is 0 Å². The molecule has 3 aromatic carbocycles. The Morgan fingerprint density at radius 3 is 2.36 bits per heavy atom. The second-order valence-corrected chi connectivity index (χ2v) is 8.81. The summed E-state index contributed by atoms with van der Waals surface area (Å²) in [4.78, 5) is 23.6. The van der Waals surface area contributed by atoms with Gasteiger partial charge in [0.25, 0.3) is 10.0 Å². The highest BCUT2D eigenvalue weighted by molar-refractivity contribution is 7.92. The molecule has 3 N–H and O–H groups in total. The molecule has 0 atom stereocenters. The average molecular weight is 468 g/mol. The van der Waals surface area contributed by atoms with E-state index in [0.717, 1.165) is 0 Å². The first-order valence-electron chi connectivity index (χ1n) is 9.90. The molecular weight excluding hydrogens is 448 g/mol. The van der Waals surface area contributed by atoms with Crippen LogP contribution in [0.15, 0.2) is 71.6 Å². The molecule has 0 spiro atoms. The fourth-order valence-electron chi connectivity index (χ4n) is 3.13. The van der Waals surface area contributed by atoms with E-state index in [1.54, 1.807) is 30.3 Å². The zero-order valence-corrected chi connectivity index (χ0v) is 18.1. The van der Waals surface area contributed by atoms with E-state index in [2.05, 4.69) is 4.72 Å². The summed E-state index contributed by atoms with van der Waals surface area (Å²) in [6.45, 7) is 0.711.